The lowest BCUT2D eigenvalue weighted by Gasteiger charge is -2.29. The van der Waals surface area contributed by atoms with Crippen LogP contribution in [0.15, 0.2) is 30.3 Å². The number of hydrogen-bond acceptors (Lipinski definition) is 5. The number of methoxy groups -OCH3 is 3. The molecule has 2 aromatic carbocycles. The first-order chi connectivity index (χ1) is 14.0. The molecule has 0 saturated carbocycles. The van der Waals surface area contributed by atoms with E-state index < -0.39 is 0 Å². The van der Waals surface area contributed by atoms with Crippen LogP contribution in [0.25, 0.3) is 0 Å². The highest BCUT2D eigenvalue weighted by molar-refractivity contribution is 6.32. The SMILES string of the molecule is COCCC(=O)Nc1ccc2c(c1)CN(Cc1cc(Cl)c(OC)c(OC)c1)CC2. The minimum atomic E-state index is -0.0422. The summed E-state index contributed by atoms with van der Waals surface area (Å²) >= 11 is 6.34. The van der Waals surface area contributed by atoms with Crippen LogP contribution in [0.2, 0.25) is 5.02 Å². The minimum Gasteiger partial charge on any atom is -0.493 e. The fraction of sp³-hybridized carbons (Fsp3) is 0.409. The number of ether oxygens (including phenoxy) is 3. The van der Waals surface area contributed by atoms with Crippen LogP contribution in [0.4, 0.5) is 5.69 Å². The highest BCUT2D eigenvalue weighted by Crippen LogP contribution is 2.36. The van der Waals surface area contributed by atoms with Crippen molar-refractivity contribution in [1.82, 2.24) is 4.90 Å². The van der Waals surface area contributed by atoms with Gasteiger partial charge in [0.05, 0.1) is 32.3 Å². The molecule has 3 rings (SSSR count). The summed E-state index contributed by atoms with van der Waals surface area (Å²) in [6.45, 7) is 2.93. The minimum absolute atomic E-state index is 0.0422. The highest BCUT2D eigenvalue weighted by atomic mass is 35.5. The lowest BCUT2D eigenvalue weighted by atomic mass is 9.98. The maximum Gasteiger partial charge on any atom is 0.226 e. The number of hydrogen-bond donors (Lipinski definition) is 1. The molecule has 0 fully saturated rings. The average molecular weight is 419 g/mol. The molecule has 0 bridgehead atoms. The summed E-state index contributed by atoms with van der Waals surface area (Å²) in [7, 11) is 4.78. The summed E-state index contributed by atoms with van der Waals surface area (Å²) in [5.41, 5.74) is 4.44. The number of carbonyl (C=O) groups is 1. The summed E-state index contributed by atoms with van der Waals surface area (Å²) in [5, 5.41) is 3.48. The van der Waals surface area contributed by atoms with Crippen LogP contribution in [0.3, 0.4) is 0 Å². The van der Waals surface area contributed by atoms with Crippen LogP contribution < -0.4 is 14.8 Å². The standard InChI is InChI=1S/C22H27ClN2O4/c1-27-9-7-21(26)24-18-5-4-16-6-8-25(14-17(16)12-18)13-15-10-19(23)22(29-3)20(11-15)28-2/h4-5,10-12H,6-9,13-14H2,1-3H3,(H,24,26). The second-order valence-electron chi connectivity index (χ2n) is 7.05. The molecule has 0 atom stereocenters. The number of benzene rings is 2. The molecular weight excluding hydrogens is 392 g/mol. The van der Waals surface area contributed by atoms with E-state index in [0.717, 1.165) is 37.3 Å². The van der Waals surface area contributed by atoms with Crippen LogP contribution in [-0.4, -0.2) is 45.3 Å². The van der Waals surface area contributed by atoms with Gasteiger partial charge in [0.15, 0.2) is 11.5 Å². The molecule has 0 saturated heterocycles. The van der Waals surface area contributed by atoms with E-state index in [0.29, 0.717) is 29.5 Å². The van der Waals surface area contributed by atoms with Crippen LogP contribution in [0, 0.1) is 0 Å². The van der Waals surface area contributed by atoms with Crippen molar-refractivity contribution in [3.05, 3.63) is 52.0 Å². The van der Waals surface area contributed by atoms with Gasteiger partial charge < -0.3 is 19.5 Å². The molecule has 1 N–H and O–H groups in total. The molecule has 0 unspecified atom stereocenters. The predicted octanol–water partition coefficient (Wildman–Crippen LogP) is 3.89. The van der Waals surface area contributed by atoms with Gasteiger partial charge in [0.25, 0.3) is 0 Å². The van der Waals surface area contributed by atoms with Gasteiger partial charge >= 0.3 is 0 Å². The maximum absolute atomic E-state index is 12.0. The van der Waals surface area contributed by atoms with Gasteiger partial charge in [0.2, 0.25) is 5.91 Å². The topological polar surface area (TPSA) is 60.0 Å². The number of amides is 1. The zero-order chi connectivity index (χ0) is 20.8. The van der Waals surface area contributed by atoms with E-state index in [1.54, 1.807) is 21.3 Å². The van der Waals surface area contributed by atoms with Crippen molar-refractivity contribution in [2.45, 2.75) is 25.9 Å². The molecule has 7 heteroatoms. The summed E-state index contributed by atoms with van der Waals surface area (Å²) < 4.78 is 15.7. The summed E-state index contributed by atoms with van der Waals surface area (Å²) in [6, 6.07) is 10.0. The summed E-state index contributed by atoms with van der Waals surface area (Å²) in [4.78, 5) is 14.3. The second-order valence-corrected chi connectivity index (χ2v) is 7.46. The number of anilines is 1. The Morgan fingerprint density at radius 2 is 1.97 bits per heavy atom. The van der Waals surface area contributed by atoms with Gasteiger partial charge in [0, 0.05) is 32.4 Å². The summed E-state index contributed by atoms with van der Waals surface area (Å²) in [6.07, 6.45) is 1.31. The highest BCUT2D eigenvalue weighted by Gasteiger charge is 2.19. The van der Waals surface area contributed by atoms with Crippen molar-refractivity contribution >= 4 is 23.2 Å². The molecule has 1 aliphatic rings. The molecule has 0 aromatic heterocycles. The van der Waals surface area contributed by atoms with Gasteiger partial charge in [-0.15, -0.1) is 0 Å². The van der Waals surface area contributed by atoms with Crippen LogP contribution in [0.5, 0.6) is 11.5 Å². The molecule has 1 heterocycles. The molecule has 0 radical (unpaired) electrons. The lowest BCUT2D eigenvalue weighted by molar-refractivity contribution is -0.117. The van der Waals surface area contributed by atoms with Crippen LogP contribution >= 0.6 is 11.6 Å². The molecule has 2 aromatic rings. The van der Waals surface area contributed by atoms with E-state index >= 15 is 0 Å². The fourth-order valence-corrected chi connectivity index (χ4v) is 3.88. The number of nitrogens with zero attached hydrogens (tertiary/aromatic N) is 1. The molecule has 1 amide bonds. The molecule has 6 nitrogen and oxygen atoms in total. The summed E-state index contributed by atoms with van der Waals surface area (Å²) in [5.74, 6) is 1.14. The Kier molecular flexibility index (Phi) is 7.36. The van der Waals surface area contributed by atoms with Crippen molar-refractivity contribution in [3.63, 3.8) is 0 Å². The molecule has 0 aliphatic carbocycles. The Labute approximate surface area is 176 Å². The smallest absolute Gasteiger partial charge is 0.226 e. The van der Waals surface area contributed by atoms with E-state index in [1.165, 1.54) is 11.1 Å². The van der Waals surface area contributed by atoms with E-state index in [9.17, 15) is 4.79 Å². The van der Waals surface area contributed by atoms with Gasteiger partial charge in [-0.05, 0) is 47.4 Å². The molecule has 156 valence electrons. The van der Waals surface area contributed by atoms with E-state index in [2.05, 4.69) is 22.3 Å². The van der Waals surface area contributed by atoms with Gasteiger partial charge in [-0.3, -0.25) is 9.69 Å². The quantitative estimate of drug-likeness (QED) is 0.704. The fourth-order valence-electron chi connectivity index (χ4n) is 3.57. The van der Waals surface area contributed by atoms with E-state index in [-0.39, 0.29) is 5.91 Å². The number of fused-ring (bicyclic) bond motifs is 1. The zero-order valence-corrected chi connectivity index (χ0v) is 17.8. The normalized spacial score (nSPS) is 13.7. The van der Waals surface area contributed by atoms with Crippen molar-refractivity contribution < 1.29 is 19.0 Å². The Hall–Kier alpha value is -2.28. The molecule has 29 heavy (non-hydrogen) atoms. The predicted molar refractivity (Wildman–Crippen MR) is 114 cm³/mol. The first-order valence-corrected chi connectivity index (χ1v) is 9.95. The lowest BCUT2D eigenvalue weighted by Crippen LogP contribution is -2.30. The van der Waals surface area contributed by atoms with E-state index in [4.69, 9.17) is 25.8 Å². The van der Waals surface area contributed by atoms with Crippen molar-refractivity contribution in [1.29, 1.82) is 0 Å². The van der Waals surface area contributed by atoms with Crippen molar-refractivity contribution in [3.8, 4) is 11.5 Å². The average Bonchev–Trinajstić information content (AvgIpc) is 2.71. The number of halogens is 1. The Balaban J connectivity index is 1.69. The third-order valence-electron chi connectivity index (χ3n) is 5.01. The van der Waals surface area contributed by atoms with Gasteiger partial charge in [-0.25, -0.2) is 0 Å². The largest absolute Gasteiger partial charge is 0.493 e. The number of rotatable bonds is 8. The van der Waals surface area contributed by atoms with Crippen LogP contribution in [-0.2, 0) is 29.0 Å². The zero-order valence-electron chi connectivity index (χ0n) is 17.1. The van der Waals surface area contributed by atoms with E-state index in [1.807, 2.05) is 18.2 Å². The molecule has 1 aliphatic heterocycles. The molecular formula is C22H27ClN2O4. The van der Waals surface area contributed by atoms with Gasteiger partial charge in [0.1, 0.15) is 0 Å². The monoisotopic (exact) mass is 418 g/mol. The first kappa shape index (κ1) is 21.4. The van der Waals surface area contributed by atoms with Gasteiger partial charge in [-0.1, -0.05) is 17.7 Å². The Morgan fingerprint density at radius 1 is 1.14 bits per heavy atom. The second kappa shape index (κ2) is 9.96. The first-order valence-electron chi connectivity index (χ1n) is 9.57. The van der Waals surface area contributed by atoms with Crippen molar-refractivity contribution in [2.75, 3.05) is 39.8 Å². The Morgan fingerprint density at radius 3 is 2.69 bits per heavy atom. The molecule has 0 spiro atoms. The maximum atomic E-state index is 12.0. The number of nitrogens with one attached hydrogen (secondary N) is 1. The number of carbonyl (C=O) groups excluding carboxylic acids is 1. The third-order valence-corrected chi connectivity index (χ3v) is 5.29. The third kappa shape index (κ3) is 5.41. The van der Waals surface area contributed by atoms with Crippen molar-refractivity contribution in [2.24, 2.45) is 0 Å². The van der Waals surface area contributed by atoms with Gasteiger partial charge in [-0.2, -0.15) is 0 Å². The Bertz CT molecular complexity index is 872. The van der Waals surface area contributed by atoms with Crippen LogP contribution in [0.1, 0.15) is 23.1 Å².